The molecule has 0 amide bonds. The number of rotatable bonds is 2. The predicted molar refractivity (Wildman–Crippen MR) is 73.3 cm³/mol. The van der Waals surface area contributed by atoms with Crippen molar-refractivity contribution in [1.29, 1.82) is 0 Å². The van der Waals surface area contributed by atoms with Crippen LogP contribution in [0.2, 0.25) is 0 Å². The lowest BCUT2D eigenvalue weighted by atomic mass is 10.2. The van der Waals surface area contributed by atoms with Gasteiger partial charge in [0.25, 0.3) is 11.8 Å². The van der Waals surface area contributed by atoms with Gasteiger partial charge in [-0.1, -0.05) is 15.9 Å². The third kappa shape index (κ3) is 2.08. The molecule has 6 heteroatoms. The molecule has 2 heterocycles. The Labute approximate surface area is 113 Å². The summed E-state index contributed by atoms with van der Waals surface area (Å²) in [5.41, 5.74) is 7.32. The minimum atomic E-state index is 0.468. The van der Waals surface area contributed by atoms with Gasteiger partial charge in [0.1, 0.15) is 0 Å². The Morgan fingerprint density at radius 1 is 1.28 bits per heavy atom. The van der Waals surface area contributed by atoms with Crippen LogP contribution in [0.1, 0.15) is 12.8 Å². The van der Waals surface area contributed by atoms with Crippen molar-refractivity contribution in [2.45, 2.75) is 12.8 Å². The molecule has 2 aromatic rings. The number of nitrogens with zero attached hydrogens (tertiary/aromatic N) is 3. The summed E-state index contributed by atoms with van der Waals surface area (Å²) >= 11 is 3.41. The molecule has 3 rings (SSSR count). The summed E-state index contributed by atoms with van der Waals surface area (Å²) in [6, 6.07) is 5.59. The van der Waals surface area contributed by atoms with E-state index in [0.717, 1.165) is 23.1 Å². The van der Waals surface area contributed by atoms with Crippen LogP contribution in [-0.2, 0) is 0 Å². The molecule has 94 valence electrons. The highest BCUT2D eigenvalue weighted by atomic mass is 79.9. The van der Waals surface area contributed by atoms with Crippen molar-refractivity contribution < 1.29 is 4.52 Å². The molecular formula is C12H13BrN4O. The quantitative estimate of drug-likeness (QED) is 0.864. The maximum atomic E-state index is 5.92. The Morgan fingerprint density at radius 3 is 2.83 bits per heavy atom. The van der Waals surface area contributed by atoms with Gasteiger partial charge in [0.15, 0.2) is 0 Å². The SMILES string of the molecule is Nc1ccc(Br)cc1-c1nc(N2CCCC2)no1. The van der Waals surface area contributed by atoms with Gasteiger partial charge in [-0.3, -0.25) is 0 Å². The topological polar surface area (TPSA) is 68.2 Å². The average molecular weight is 309 g/mol. The second kappa shape index (κ2) is 4.61. The highest BCUT2D eigenvalue weighted by Gasteiger charge is 2.19. The van der Waals surface area contributed by atoms with Crippen LogP contribution in [0.5, 0.6) is 0 Å². The van der Waals surface area contributed by atoms with E-state index in [9.17, 15) is 0 Å². The fraction of sp³-hybridized carbons (Fsp3) is 0.333. The molecule has 0 spiro atoms. The fourth-order valence-electron chi connectivity index (χ4n) is 2.08. The van der Waals surface area contributed by atoms with Crippen LogP contribution in [0.3, 0.4) is 0 Å². The molecule has 0 bridgehead atoms. The molecule has 1 fully saturated rings. The minimum Gasteiger partial charge on any atom is -0.398 e. The van der Waals surface area contributed by atoms with E-state index in [4.69, 9.17) is 10.3 Å². The standard InChI is InChI=1S/C12H13BrN4O/c13-8-3-4-10(14)9(7-8)11-15-12(16-18-11)17-5-1-2-6-17/h3-4,7H,1-2,5-6,14H2. The van der Waals surface area contributed by atoms with Crippen molar-refractivity contribution in [3.05, 3.63) is 22.7 Å². The van der Waals surface area contributed by atoms with Gasteiger partial charge >= 0.3 is 0 Å². The highest BCUT2D eigenvalue weighted by Crippen LogP contribution is 2.29. The Bertz CT molecular complexity index is 563. The average Bonchev–Trinajstić information content (AvgIpc) is 3.00. The van der Waals surface area contributed by atoms with E-state index < -0.39 is 0 Å². The van der Waals surface area contributed by atoms with Gasteiger partial charge in [-0.2, -0.15) is 4.98 Å². The lowest BCUT2D eigenvalue weighted by molar-refractivity contribution is 0.430. The Hall–Kier alpha value is -1.56. The van der Waals surface area contributed by atoms with Gasteiger partial charge in [-0.25, -0.2) is 0 Å². The van der Waals surface area contributed by atoms with E-state index >= 15 is 0 Å². The van der Waals surface area contributed by atoms with Crippen molar-refractivity contribution in [1.82, 2.24) is 10.1 Å². The van der Waals surface area contributed by atoms with Crippen LogP contribution in [0.15, 0.2) is 27.2 Å². The molecule has 2 N–H and O–H groups in total. The molecule has 0 radical (unpaired) electrons. The first-order chi connectivity index (χ1) is 8.74. The molecule has 1 aliphatic rings. The molecule has 1 saturated heterocycles. The minimum absolute atomic E-state index is 0.468. The smallest absolute Gasteiger partial charge is 0.266 e. The zero-order chi connectivity index (χ0) is 12.5. The van der Waals surface area contributed by atoms with Crippen LogP contribution in [0.4, 0.5) is 11.6 Å². The summed E-state index contributed by atoms with van der Waals surface area (Å²) in [7, 11) is 0. The summed E-state index contributed by atoms with van der Waals surface area (Å²) in [5.74, 6) is 1.12. The normalized spacial score (nSPS) is 15.3. The van der Waals surface area contributed by atoms with E-state index in [0.29, 0.717) is 17.5 Å². The number of aromatic nitrogens is 2. The van der Waals surface area contributed by atoms with Gasteiger partial charge in [0.2, 0.25) is 0 Å². The number of hydrogen-bond donors (Lipinski definition) is 1. The first kappa shape index (κ1) is 11.5. The maximum absolute atomic E-state index is 5.92. The lowest BCUT2D eigenvalue weighted by Gasteiger charge is -2.09. The molecule has 18 heavy (non-hydrogen) atoms. The summed E-state index contributed by atoms with van der Waals surface area (Å²) in [4.78, 5) is 6.54. The lowest BCUT2D eigenvalue weighted by Crippen LogP contribution is -2.18. The number of anilines is 2. The largest absolute Gasteiger partial charge is 0.398 e. The van der Waals surface area contributed by atoms with Gasteiger partial charge < -0.3 is 15.2 Å². The van der Waals surface area contributed by atoms with Gasteiger partial charge in [-0.05, 0) is 36.2 Å². The number of nitrogen functional groups attached to an aromatic ring is 1. The molecule has 0 unspecified atom stereocenters. The highest BCUT2D eigenvalue weighted by molar-refractivity contribution is 9.10. The number of benzene rings is 1. The Kier molecular flexibility index (Phi) is 2.95. The third-order valence-electron chi connectivity index (χ3n) is 3.05. The van der Waals surface area contributed by atoms with E-state index in [-0.39, 0.29) is 0 Å². The predicted octanol–water partition coefficient (Wildman–Crippen LogP) is 2.68. The number of halogens is 1. The van der Waals surface area contributed by atoms with E-state index in [1.165, 1.54) is 12.8 Å². The molecular weight excluding hydrogens is 296 g/mol. The summed E-state index contributed by atoms with van der Waals surface area (Å²) in [6.45, 7) is 1.99. The second-order valence-corrected chi connectivity index (χ2v) is 5.24. The van der Waals surface area contributed by atoms with Crippen molar-refractivity contribution in [3.63, 3.8) is 0 Å². The van der Waals surface area contributed by atoms with E-state index in [1.54, 1.807) is 0 Å². The zero-order valence-corrected chi connectivity index (χ0v) is 11.4. The first-order valence-electron chi connectivity index (χ1n) is 5.88. The summed E-state index contributed by atoms with van der Waals surface area (Å²) < 4.78 is 6.23. The molecule has 0 saturated carbocycles. The Morgan fingerprint density at radius 2 is 2.06 bits per heavy atom. The van der Waals surface area contributed by atoms with Gasteiger partial charge in [0, 0.05) is 23.2 Å². The maximum Gasteiger partial charge on any atom is 0.266 e. The fourth-order valence-corrected chi connectivity index (χ4v) is 2.45. The third-order valence-corrected chi connectivity index (χ3v) is 3.54. The van der Waals surface area contributed by atoms with Crippen molar-refractivity contribution in [2.24, 2.45) is 0 Å². The van der Waals surface area contributed by atoms with Gasteiger partial charge in [0.05, 0.1) is 5.56 Å². The van der Waals surface area contributed by atoms with Crippen LogP contribution in [0.25, 0.3) is 11.5 Å². The van der Waals surface area contributed by atoms with Crippen LogP contribution in [0, 0.1) is 0 Å². The van der Waals surface area contributed by atoms with E-state index in [2.05, 4.69) is 31.0 Å². The second-order valence-electron chi connectivity index (χ2n) is 4.33. The van der Waals surface area contributed by atoms with Crippen molar-refractivity contribution in [3.8, 4) is 11.5 Å². The molecule has 1 aliphatic heterocycles. The first-order valence-corrected chi connectivity index (χ1v) is 6.67. The molecule has 5 nitrogen and oxygen atoms in total. The van der Waals surface area contributed by atoms with Gasteiger partial charge in [-0.15, -0.1) is 0 Å². The van der Waals surface area contributed by atoms with Crippen molar-refractivity contribution in [2.75, 3.05) is 23.7 Å². The zero-order valence-electron chi connectivity index (χ0n) is 9.77. The Balaban J connectivity index is 1.94. The molecule has 1 aromatic heterocycles. The molecule has 1 aromatic carbocycles. The molecule has 0 aliphatic carbocycles. The van der Waals surface area contributed by atoms with Crippen LogP contribution < -0.4 is 10.6 Å². The summed E-state index contributed by atoms with van der Waals surface area (Å²) in [5, 5.41) is 4.01. The van der Waals surface area contributed by atoms with Crippen LogP contribution >= 0.6 is 15.9 Å². The van der Waals surface area contributed by atoms with E-state index in [1.807, 2.05) is 18.2 Å². The monoisotopic (exact) mass is 308 g/mol. The van der Waals surface area contributed by atoms with Crippen LogP contribution in [-0.4, -0.2) is 23.2 Å². The number of hydrogen-bond acceptors (Lipinski definition) is 5. The summed E-state index contributed by atoms with van der Waals surface area (Å²) in [6.07, 6.45) is 2.37. The number of nitrogens with two attached hydrogens (primary N) is 1. The van der Waals surface area contributed by atoms with Crippen molar-refractivity contribution >= 4 is 27.6 Å². The molecule has 0 atom stereocenters.